The van der Waals surface area contributed by atoms with Gasteiger partial charge in [-0.15, -0.1) is 5.10 Å². The summed E-state index contributed by atoms with van der Waals surface area (Å²) < 4.78 is 9.88. The van der Waals surface area contributed by atoms with Crippen molar-refractivity contribution in [3.05, 3.63) is 48.2 Å². The van der Waals surface area contributed by atoms with E-state index in [0.717, 1.165) is 28.4 Å². The highest BCUT2D eigenvalue weighted by atomic mass is 32.1. The SMILES string of the molecule is CCNc1snnc1COc1cccc2ccccc12. The number of hydrogen-bond acceptors (Lipinski definition) is 5. The number of nitrogens with one attached hydrogen (secondary N) is 1. The van der Waals surface area contributed by atoms with E-state index in [1.54, 1.807) is 0 Å². The number of rotatable bonds is 5. The van der Waals surface area contributed by atoms with Crippen LogP contribution in [0.15, 0.2) is 42.5 Å². The largest absolute Gasteiger partial charge is 0.486 e. The minimum Gasteiger partial charge on any atom is -0.486 e. The van der Waals surface area contributed by atoms with Gasteiger partial charge in [0.05, 0.1) is 0 Å². The third-order valence-electron chi connectivity index (χ3n) is 3.01. The van der Waals surface area contributed by atoms with Crippen LogP contribution in [-0.4, -0.2) is 16.1 Å². The van der Waals surface area contributed by atoms with Crippen LogP contribution in [0.3, 0.4) is 0 Å². The summed E-state index contributed by atoms with van der Waals surface area (Å²) in [5.74, 6) is 0.874. The fraction of sp³-hybridized carbons (Fsp3) is 0.200. The highest BCUT2D eigenvalue weighted by molar-refractivity contribution is 7.10. The highest BCUT2D eigenvalue weighted by Gasteiger charge is 2.09. The van der Waals surface area contributed by atoms with Crippen molar-refractivity contribution in [2.24, 2.45) is 0 Å². The molecule has 1 N–H and O–H groups in total. The number of hydrogen-bond donors (Lipinski definition) is 1. The summed E-state index contributed by atoms with van der Waals surface area (Å²) >= 11 is 1.36. The minimum absolute atomic E-state index is 0.423. The molecule has 1 aromatic heterocycles. The Morgan fingerprint density at radius 3 is 2.90 bits per heavy atom. The van der Waals surface area contributed by atoms with Gasteiger partial charge in [0.25, 0.3) is 0 Å². The molecule has 0 aliphatic heterocycles. The predicted molar refractivity (Wildman–Crippen MR) is 82.4 cm³/mol. The molecule has 1 heterocycles. The molecule has 3 rings (SSSR count). The summed E-state index contributed by atoms with van der Waals surface area (Å²) in [6.45, 7) is 3.33. The van der Waals surface area contributed by atoms with Crippen molar-refractivity contribution in [1.82, 2.24) is 9.59 Å². The van der Waals surface area contributed by atoms with Crippen LogP contribution >= 0.6 is 11.5 Å². The first kappa shape index (κ1) is 12.9. The van der Waals surface area contributed by atoms with Gasteiger partial charge in [0.2, 0.25) is 0 Å². The summed E-state index contributed by atoms with van der Waals surface area (Å²) in [6.07, 6.45) is 0. The first-order chi connectivity index (χ1) is 9.88. The Balaban J connectivity index is 1.81. The molecule has 20 heavy (non-hydrogen) atoms. The molecular formula is C15H15N3OS. The van der Waals surface area contributed by atoms with Crippen LogP contribution in [0.4, 0.5) is 5.00 Å². The van der Waals surface area contributed by atoms with E-state index in [9.17, 15) is 0 Å². The zero-order valence-electron chi connectivity index (χ0n) is 11.2. The van der Waals surface area contributed by atoms with Gasteiger partial charge in [-0.2, -0.15) is 0 Å². The Morgan fingerprint density at radius 2 is 2.00 bits per heavy atom. The molecule has 0 saturated carbocycles. The monoisotopic (exact) mass is 285 g/mol. The molecule has 0 saturated heterocycles. The Bertz CT molecular complexity index is 706. The van der Waals surface area contributed by atoms with Gasteiger partial charge in [0, 0.05) is 23.5 Å². The number of benzene rings is 2. The van der Waals surface area contributed by atoms with Crippen LogP contribution in [0.1, 0.15) is 12.6 Å². The Hall–Kier alpha value is -2.14. The van der Waals surface area contributed by atoms with Gasteiger partial charge in [-0.25, -0.2) is 0 Å². The van der Waals surface area contributed by atoms with Gasteiger partial charge in [-0.3, -0.25) is 0 Å². The average molecular weight is 285 g/mol. The summed E-state index contributed by atoms with van der Waals surface area (Å²) in [5.41, 5.74) is 0.852. The summed E-state index contributed by atoms with van der Waals surface area (Å²) in [7, 11) is 0. The minimum atomic E-state index is 0.423. The van der Waals surface area contributed by atoms with Crippen LogP contribution in [0.2, 0.25) is 0 Å². The fourth-order valence-corrected chi connectivity index (χ4v) is 2.70. The molecule has 0 amide bonds. The Morgan fingerprint density at radius 1 is 1.15 bits per heavy atom. The van der Waals surface area contributed by atoms with Crippen molar-refractivity contribution in [2.75, 3.05) is 11.9 Å². The molecule has 0 fully saturated rings. The Kier molecular flexibility index (Phi) is 3.78. The van der Waals surface area contributed by atoms with Crippen molar-refractivity contribution in [3.63, 3.8) is 0 Å². The molecule has 0 unspecified atom stereocenters. The van der Waals surface area contributed by atoms with Crippen LogP contribution in [0.25, 0.3) is 10.8 Å². The molecule has 0 radical (unpaired) electrons. The molecule has 0 atom stereocenters. The first-order valence-corrected chi connectivity index (χ1v) is 7.31. The highest BCUT2D eigenvalue weighted by Crippen LogP contribution is 2.27. The van der Waals surface area contributed by atoms with Crippen LogP contribution in [-0.2, 0) is 6.61 Å². The van der Waals surface area contributed by atoms with E-state index >= 15 is 0 Å². The van der Waals surface area contributed by atoms with Gasteiger partial charge in [0.1, 0.15) is 23.1 Å². The second kappa shape index (κ2) is 5.88. The number of anilines is 1. The molecular weight excluding hydrogens is 270 g/mol. The summed E-state index contributed by atoms with van der Waals surface area (Å²) in [5, 5.41) is 10.6. The molecule has 5 heteroatoms. The molecule has 3 aromatic rings. The van der Waals surface area contributed by atoms with E-state index in [1.807, 2.05) is 24.3 Å². The van der Waals surface area contributed by atoms with E-state index in [-0.39, 0.29) is 0 Å². The quantitative estimate of drug-likeness (QED) is 0.776. The molecule has 0 aliphatic carbocycles. The number of aromatic nitrogens is 2. The molecule has 2 aromatic carbocycles. The lowest BCUT2D eigenvalue weighted by molar-refractivity contribution is 0.305. The second-order valence-electron chi connectivity index (χ2n) is 4.35. The van der Waals surface area contributed by atoms with Gasteiger partial charge in [-0.05, 0) is 18.4 Å². The summed E-state index contributed by atoms with van der Waals surface area (Å²) in [6, 6.07) is 14.3. The van der Waals surface area contributed by atoms with E-state index in [0.29, 0.717) is 6.61 Å². The van der Waals surface area contributed by atoms with Crippen molar-refractivity contribution in [3.8, 4) is 5.75 Å². The second-order valence-corrected chi connectivity index (χ2v) is 5.10. The van der Waals surface area contributed by atoms with Gasteiger partial charge in [0.15, 0.2) is 0 Å². The number of fused-ring (bicyclic) bond motifs is 1. The maximum atomic E-state index is 5.91. The standard InChI is InChI=1S/C15H15N3OS/c1-2-16-15-13(17-18-20-15)10-19-14-9-5-7-11-6-3-4-8-12(11)14/h3-9,16H,2,10H2,1H3. The van der Waals surface area contributed by atoms with E-state index in [2.05, 4.69) is 40.0 Å². The molecule has 0 bridgehead atoms. The van der Waals surface area contributed by atoms with E-state index in [1.165, 1.54) is 16.9 Å². The zero-order chi connectivity index (χ0) is 13.8. The lowest BCUT2D eigenvalue weighted by Crippen LogP contribution is -2.02. The van der Waals surface area contributed by atoms with E-state index < -0.39 is 0 Å². The smallest absolute Gasteiger partial charge is 0.136 e. The molecule has 4 nitrogen and oxygen atoms in total. The normalized spacial score (nSPS) is 10.7. The maximum Gasteiger partial charge on any atom is 0.136 e. The maximum absolute atomic E-state index is 5.91. The van der Waals surface area contributed by atoms with E-state index in [4.69, 9.17) is 4.74 Å². The van der Waals surface area contributed by atoms with Gasteiger partial charge >= 0.3 is 0 Å². The van der Waals surface area contributed by atoms with Crippen molar-refractivity contribution < 1.29 is 4.74 Å². The van der Waals surface area contributed by atoms with Crippen molar-refractivity contribution in [1.29, 1.82) is 0 Å². The van der Waals surface area contributed by atoms with Gasteiger partial charge < -0.3 is 10.1 Å². The third kappa shape index (κ3) is 2.58. The lowest BCUT2D eigenvalue weighted by Gasteiger charge is -2.09. The third-order valence-corrected chi connectivity index (χ3v) is 3.73. The van der Waals surface area contributed by atoms with Gasteiger partial charge in [-0.1, -0.05) is 40.9 Å². The first-order valence-electron chi connectivity index (χ1n) is 6.54. The number of nitrogens with zero attached hydrogens (tertiary/aromatic N) is 2. The summed E-state index contributed by atoms with van der Waals surface area (Å²) in [4.78, 5) is 0. The van der Waals surface area contributed by atoms with Crippen LogP contribution < -0.4 is 10.1 Å². The topological polar surface area (TPSA) is 47.0 Å². The average Bonchev–Trinajstić information content (AvgIpc) is 2.93. The molecule has 0 aliphatic rings. The lowest BCUT2D eigenvalue weighted by atomic mass is 10.1. The predicted octanol–water partition coefficient (Wildman–Crippen LogP) is 3.70. The fourth-order valence-electron chi connectivity index (χ4n) is 2.07. The molecule has 102 valence electrons. The molecule has 0 spiro atoms. The number of ether oxygens (including phenoxy) is 1. The van der Waals surface area contributed by atoms with Crippen molar-refractivity contribution >= 4 is 27.3 Å². The van der Waals surface area contributed by atoms with Crippen molar-refractivity contribution in [2.45, 2.75) is 13.5 Å². The van der Waals surface area contributed by atoms with Crippen LogP contribution in [0, 0.1) is 0 Å². The Labute approximate surface area is 121 Å². The zero-order valence-corrected chi connectivity index (χ0v) is 12.0. The van der Waals surface area contributed by atoms with Crippen LogP contribution in [0.5, 0.6) is 5.75 Å².